The van der Waals surface area contributed by atoms with Crippen LogP contribution in [0.15, 0.2) is 48.8 Å². The van der Waals surface area contributed by atoms with Gasteiger partial charge in [-0.3, -0.25) is 0 Å². The quantitative estimate of drug-likeness (QED) is 0.774. The van der Waals surface area contributed by atoms with Crippen molar-refractivity contribution >= 4 is 11.6 Å². The Morgan fingerprint density at radius 2 is 2.04 bits per heavy atom. The van der Waals surface area contributed by atoms with E-state index in [2.05, 4.69) is 15.4 Å². The lowest BCUT2D eigenvalue weighted by Crippen LogP contribution is -2.00. The average Bonchev–Trinajstić information content (AvgIpc) is 2.98. The SMILES string of the molecule is Cc1ccc(C(C)O)cc1Nc1ncn(-c2cccc(F)c2)n1. The first-order chi connectivity index (χ1) is 11.0. The molecule has 0 spiro atoms. The van der Waals surface area contributed by atoms with Gasteiger partial charge in [0.2, 0.25) is 5.95 Å². The van der Waals surface area contributed by atoms with Crippen molar-refractivity contribution in [1.29, 1.82) is 0 Å². The Bertz CT molecular complexity index is 829. The van der Waals surface area contributed by atoms with Crippen LogP contribution in [-0.2, 0) is 0 Å². The number of aryl methyl sites for hydroxylation is 1. The number of nitrogens with one attached hydrogen (secondary N) is 1. The monoisotopic (exact) mass is 312 g/mol. The van der Waals surface area contributed by atoms with E-state index < -0.39 is 6.10 Å². The minimum Gasteiger partial charge on any atom is -0.389 e. The number of hydrogen-bond acceptors (Lipinski definition) is 4. The van der Waals surface area contributed by atoms with Crippen molar-refractivity contribution in [2.75, 3.05) is 5.32 Å². The molecule has 0 fully saturated rings. The minimum atomic E-state index is -0.547. The Balaban J connectivity index is 1.86. The van der Waals surface area contributed by atoms with Gasteiger partial charge in [0.15, 0.2) is 0 Å². The summed E-state index contributed by atoms with van der Waals surface area (Å²) in [5.41, 5.74) is 3.24. The van der Waals surface area contributed by atoms with Gasteiger partial charge in [0, 0.05) is 5.69 Å². The number of rotatable bonds is 4. The van der Waals surface area contributed by atoms with Crippen molar-refractivity contribution in [2.24, 2.45) is 0 Å². The molecule has 5 nitrogen and oxygen atoms in total. The lowest BCUT2D eigenvalue weighted by molar-refractivity contribution is 0.199. The maximum absolute atomic E-state index is 13.3. The van der Waals surface area contributed by atoms with E-state index in [4.69, 9.17) is 0 Å². The highest BCUT2D eigenvalue weighted by molar-refractivity contribution is 5.59. The summed E-state index contributed by atoms with van der Waals surface area (Å²) in [6.07, 6.45) is 0.972. The van der Waals surface area contributed by atoms with Gasteiger partial charge in [-0.05, 0) is 49.2 Å². The van der Waals surface area contributed by atoms with E-state index in [1.807, 2.05) is 25.1 Å². The van der Waals surface area contributed by atoms with E-state index in [0.717, 1.165) is 16.8 Å². The highest BCUT2D eigenvalue weighted by Gasteiger charge is 2.08. The molecule has 0 amide bonds. The average molecular weight is 312 g/mol. The third kappa shape index (κ3) is 3.37. The van der Waals surface area contributed by atoms with Crippen LogP contribution in [0.4, 0.5) is 16.0 Å². The molecule has 1 heterocycles. The van der Waals surface area contributed by atoms with E-state index in [9.17, 15) is 9.50 Å². The summed E-state index contributed by atoms with van der Waals surface area (Å²) in [5.74, 6) is 0.0769. The molecule has 3 rings (SSSR count). The molecule has 1 atom stereocenters. The molecule has 2 N–H and O–H groups in total. The van der Waals surface area contributed by atoms with Gasteiger partial charge in [0.1, 0.15) is 12.1 Å². The first-order valence-electron chi connectivity index (χ1n) is 7.26. The van der Waals surface area contributed by atoms with E-state index in [1.165, 1.54) is 23.1 Å². The van der Waals surface area contributed by atoms with Crippen molar-refractivity contribution in [3.8, 4) is 5.69 Å². The number of aliphatic hydroxyl groups excluding tert-OH is 1. The second-order valence-electron chi connectivity index (χ2n) is 5.37. The number of halogens is 1. The molecule has 0 aliphatic heterocycles. The predicted molar refractivity (Wildman–Crippen MR) is 86.4 cm³/mol. The topological polar surface area (TPSA) is 63.0 Å². The van der Waals surface area contributed by atoms with Crippen LogP contribution in [0.2, 0.25) is 0 Å². The third-order valence-corrected chi connectivity index (χ3v) is 3.56. The van der Waals surface area contributed by atoms with Crippen LogP contribution in [0.1, 0.15) is 24.2 Å². The van der Waals surface area contributed by atoms with Crippen LogP contribution in [0.3, 0.4) is 0 Å². The fourth-order valence-corrected chi connectivity index (χ4v) is 2.22. The van der Waals surface area contributed by atoms with Crippen molar-refractivity contribution in [2.45, 2.75) is 20.0 Å². The fraction of sp³-hybridized carbons (Fsp3) is 0.176. The van der Waals surface area contributed by atoms with Crippen LogP contribution >= 0.6 is 0 Å². The van der Waals surface area contributed by atoms with Crippen LogP contribution in [0.25, 0.3) is 5.69 Å². The van der Waals surface area contributed by atoms with E-state index in [1.54, 1.807) is 19.1 Å². The van der Waals surface area contributed by atoms with Crippen LogP contribution < -0.4 is 5.32 Å². The standard InChI is InChI=1S/C17H17FN4O/c1-11-6-7-13(12(2)23)8-16(11)20-17-19-10-22(21-17)15-5-3-4-14(18)9-15/h3-10,12,23H,1-2H3,(H,20,21). The zero-order valence-corrected chi connectivity index (χ0v) is 12.9. The van der Waals surface area contributed by atoms with Gasteiger partial charge >= 0.3 is 0 Å². The maximum Gasteiger partial charge on any atom is 0.246 e. The first-order valence-corrected chi connectivity index (χ1v) is 7.26. The number of hydrogen-bond donors (Lipinski definition) is 2. The molecule has 0 saturated heterocycles. The summed E-state index contributed by atoms with van der Waals surface area (Å²) in [4.78, 5) is 4.19. The Hall–Kier alpha value is -2.73. The number of aliphatic hydroxyl groups is 1. The van der Waals surface area contributed by atoms with Gasteiger partial charge in [-0.1, -0.05) is 18.2 Å². The minimum absolute atomic E-state index is 0.326. The van der Waals surface area contributed by atoms with Crippen LogP contribution in [-0.4, -0.2) is 19.9 Å². The van der Waals surface area contributed by atoms with E-state index in [0.29, 0.717) is 11.6 Å². The molecule has 2 aromatic carbocycles. The fourth-order valence-electron chi connectivity index (χ4n) is 2.22. The summed E-state index contributed by atoms with van der Waals surface area (Å²) >= 11 is 0. The molecule has 3 aromatic rings. The van der Waals surface area contributed by atoms with E-state index >= 15 is 0 Å². The molecule has 0 aliphatic carbocycles. The van der Waals surface area contributed by atoms with Gasteiger partial charge in [-0.25, -0.2) is 9.07 Å². The van der Waals surface area contributed by atoms with Crippen molar-refractivity contribution in [3.63, 3.8) is 0 Å². The normalized spacial score (nSPS) is 12.2. The molecule has 0 saturated carbocycles. The zero-order valence-electron chi connectivity index (χ0n) is 12.9. The van der Waals surface area contributed by atoms with Crippen LogP contribution in [0.5, 0.6) is 0 Å². The Kier molecular flexibility index (Phi) is 4.08. The molecule has 0 aliphatic rings. The highest BCUT2D eigenvalue weighted by atomic mass is 19.1. The molecule has 23 heavy (non-hydrogen) atoms. The summed E-state index contributed by atoms with van der Waals surface area (Å²) in [6, 6.07) is 11.8. The zero-order chi connectivity index (χ0) is 16.4. The third-order valence-electron chi connectivity index (χ3n) is 3.56. The Labute approximate surface area is 133 Å². The first kappa shape index (κ1) is 15.2. The number of nitrogens with zero attached hydrogens (tertiary/aromatic N) is 3. The molecule has 118 valence electrons. The summed E-state index contributed by atoms with van der Waals surface area (Å²) in [7, 11) is 0. The van der Waals surface area contributed by atoms with Gasteiger partial charge in [-0.2, -0.15) is 4.98 Å². The van der Waals surface area contributed by atoms with E-state index in [-0.39, 0.29) is 5.82 Å². The van der Waals surface area contributed by atoms with Crippen molar-refractivity contribution in [1.82, 2.24) is 14.8 Å². The number of aromatic nitrogens is 3. The molecule has 0 radical (unpaired) electrons. The van der Waals surface area contributed by atoms with Gasteiger partial charge in [0.25, 0.3) is 0 Å². The second-order valence-corrected chi connectivity index (χ2v) is 5.37. The lowest BCUT2D eigenvalue weighted by Gasteiger charge is -2.10. The molecule has 0 bridgehead atoms. The van der Waals surface area contributed by atoms with Gasteiger partial charge < -0.3 is 10.4 Å². The van der Waals surface area contributed by atoms with Gasteiger partial charge in [-0.15, -0.1) is 5.10 Å². The Morgan fingerprint density at radius 1 is 1.22 bits per heavy atom. The number of anilines is 2. The summed E-state index contributed by atoms with van der Waals surface area (Å²) in [6.45, 7) is 3.67. The smallest absolute Gasteiger partial charge is 0.246 e. The Morgan fingerprint density at radius 3 is 2.78 bits per heavy atom. The molecular formula is C17H17FN4O. The maximum atomic E-state index is 13.3. The number of benzene rings is 2. The summed E-state index contributed by atoms with van der Waals surface area (Å²) in [5, 5.41) is 17.1. The molecule has 6 heteroatoms. The van der Waals surface area contributed by atoms with Gasteiger partial charge in [0.05, 0.1) is 11.8 Å². The largest absolute Gasteiger partial charge is 0.389 e. The predicted octanol–water partition coefficient (Wildman–Crippen LogP) is 3.51. The second kappa shape index (κ2) is 6.18. The molecular weight excluding hydrogens is 295 g/mol. The highest BCUT2D eigenvalue weighted by Crippen LogP contribution is 2.23. The van der Waals surface area contributed by atoms with Crippen LogP contribution in [0, 0.1) is 12.7 Å². The van der Waals surface area contributed by atoms with Crippen molar-refractivity contribution < 1.29 is 9.50 Å². The van der Waals surface area contributed by atoms with Crippen molar-refractivity contribution in [3.05, 3.63) is 65.7 Å². The molecule has 1 aromatic heterocycles. The summed E-state index contributed by atoms with van der Waals surface area (Å²) < 4.78 is 14.8. The molecule has 1 unspecified atom stereocenters. The lowest BCUT2D eigenvalue weighted by atomic mass is 10.1.